The molecule has 2 saturated heterocycles. The van der Waals surface area contributed by atoms with Crippen molar-refractivity contribution in [3.8, 4) is 0 Å². The zero-order valence-corrected chi connectivity index (χ0v) is 13.0. The van der Waals surface area contributed by atoms with E-state index in [1.165, 1.54) is 12.8 Å². The molecule has 0 aliphatic carbocycles. The van der Waals surface area contributed by atoms with E-state index in [-0.39, 0.29) is 30.1 Å². The van der Waals surface area contributed by atoms with Crippen molar-refractivity contribution >= 4 is 24.2 Å². The number of nitrogens with zero attached hydrogens (tertiary/aromatic N) is 1. The van der Waals surface area contributed by atoms with Crippen molar-refractivity contribution in [3.05, 3.63) is 0 Å². The van der Waals surface area contributed by atoms with Crippen molar-refractivity contribution < 1.29 is 9.59 Å². The molecule has 0 aromatic carbocycles. The topological polar surface area (TPSA) is 61.4 Å². The second kappa shape index (κ2) is 8.47. The normalized spacial score (nSPS) is 26.9. The fourth-order valence-corrected chi connectivity index (χ4v) is 2.88. The summed E-state index contributed by atoms with van der Waals surface area (Å²) in [4.78, 5) is 25.3. The smallest absolute Gasteiger partial charge is 0.223 e. The molecule has 0 aromatic heterocycles. The second-order valence-corrected chi connectivity index (χ2v) is 5.80. The Hall–Kier alpha value is -0.810. The van der Waals surface area contributed by atoms with E-state index in [1.807, 2.05) is 0 Å². The van der Waals surface area contributed by atoms with Crippen molar-refractivity contribution in [3.63, 3.8) is 0 Å². The first-order chi connectivity index (χ1) is 9.16. The van der Waals surface area contributed by atoms with E-state index >= 15 is 0 Å². The lowest BCUT2D eigenvalue weighted by Crippen LogP contribution is -2.42. The van der Waals surface area contributed by atoms with Crippen molar-refractivity contribution in [2.45, 2.75) is 32.1 Å². The number of hydrogen-bond donors (Lipinski definition) is 2. The minimum absolute atomic E-state index is 0. The zero-order chi connectivity index (χ0) is 13.7. The van der Waals surface area contributed by atoms with Crippen LogP contribution in [-0.4, -0.2) is 49.9 Å². The molecular formula is C14H26ClN3O2. The maximum atomic E-state index is 12.0. The molecule has 0 saturated carbocycles. The van der Waals surface area contributed by atoms with Gasteiger partial charge in [0.15, 0.2) is 0 Å². The summed E-state index contributed by atoms with van der Waals surface area (Å²) in [5.41, 5.74) is 0. The van der Waals surface area contributed by atoms with E-state index in [9.17, 15) is 9.59 Å². The molecule has 2 fully saturated rings. The van der Waals surface area contributed by atoms with Gasteiger partial charge >= 0.3 is 0 Å². The van der Waals surface area contributed by atoms with Crippen LogP contribution in [0.25, 0.3) is 0 Å². The maximum Gasteiger partial charge on any atom is 0.223 e. The number of amides is 2. The number of nitrogens with one attached hydrogen (secondary N) is 2. The van der Waals surface area contributed by atoms with Crippen LogP contribution >= 0.6 is 12.4 Å². The van der Waals surface area contributed by atoms with Gasteiger partial charge in [-0.1, -0.05) is 0 Å². The molecule has 2 rings (SSSR count). The van der Waals surface area contributed by atoms with Gasteiger partial charge in [-0.05, 0) is 44.7 Å². The summed E-state index contributed by atoms with van der Waals surface area (Å²) < 4.78 is 0. The Morgan fingerprint density at radius 1 is 1.45 bits per heavy atom. The van der Waals surface area contributed by atoms with Gasteiger partial charge in [0.1, 0.15) is 0 Å². The van der Waals surface area contributed by atoms with Crippen LogP contribution in [0, 0.1) is 11.8 Å². The Morgan fingerprint density at radius 3 is 2.90 bits per heavy atom. The molecule has 2 aliphatic rings. The Bertz CT molecular complexity index is 332. The minimum atomic E-state index is -0.117. The molecule has 2 aliphatic heterocycles. The van der Waals surface area contributed by atoms with Crippen molar-refractivity contribution in [2.75, 3.05) is 33.2 Å². The van der Waals surface area contributed by atoms with Crippen LogP contribution in [0.3, 0.4) is 0 Å². The van der Waals surface area contributed by atoms with Crippen LogP contribution in [0.4, 0.5) is 0 Å². The zero-order valence-electron chi connectivity index (χ0n) is 12.2. The first-order valence-corrected chi connectivity index (χ1v) is 7.39. The standard InChI is InChI=1S/C14H25N3O2.ClH/c1-17-8-5-12(9-13(17)18)14(19)16-7-4-11-3-2-6-15-10-11;/h11-12,15H,2-10H2,1H3,(H,16,19);1H. The highest BCUT2D eigenvalue weighted by Crippen LogP contribution is 2.17. The van der Waals surface area contributed by atoms with Crippen molar-refractivity contribution in [2.24, 2.45) is 11.8 Å². The van der Waals surface area contributed by atoms with Gasteiger partial charge in [-0.15, -0.1) is 12.4 Å². The van der Waals surface area contributed by atoms with Gasteiger partial charge in [0, 0.05) is 32.5 Å². The predicted molar refractivity (Wildman–Crippen MR) is 80.8 cm³/mol. The lowest BCUT2D eigenvalue weighted by molar-refractivity contribution is -0.139. The lowest BCUT2D eigenvalue weighted by Gasteiger charge is -2.28. The molecule has 6 heteroatoms. The van der Waals surface area contributed by atoms with Crippen LogP contribution in [0.15, 0.2) is 0 Å². The number of halogens is 1. The first kappa shape index (κ1) is 17.2. The number of carbonyl (C=O) groups excluding carboxylic acids is 2. The predicted octanol–water partition coefficient (Wildman–Crippen LogP) is 0.782. The minimum Gasteiger partial charge on any atom is -0.356 e. The van der Waals surface area contributed by atoms with Gasteiger partial charge in [-0.3, -0.25) is 9.59 Å². The Morgan fingerprint density at radius 2 is 2.25 bits per heavy atom. The number of hydrogen-bond acceptors (Lipinski definition) is 3. The first-order valence-electron chi connectivity index (χ1n) is 7.39. The molecule has 2 heterocycles. The van der Waals surface area contributed by atoms with Gasteiger partial charge in [0.05, 0.1) is 0 Å². The summed E-state index contributed by atoms with van der Waals surface area (Å²) in [5.74, 6) is 0.717. The highest BCUT2D eigenvalue weighted by atomic mass is 35.5. The van der Waals surface area contributed by atoms with Crippen LogP contribution in [0.1, 0.15) is 32.1 Å². The molecule has 116 valence electrons. The van der Waals surface area contributed by atoms with Crippen molar-refractivity contribution in [1.29, 1.82) is 0 Å². The number of carbonyl (C=O) groups is 2. The Kier molecular flexibility index (Phi) is 7.30. The van der Waals surface area contributed by atoms with Crippen LogP contribution in [0.2, 0.25) is 0 Å². The van der Waals surface area contributed by atoms with E-state index in [2.05, 4.69) is 10.6 Å². The average molecular weight is 304 g/mol. The summed E-state index contributed by atoms with van der Waals surface area (Å²) in [6.07, 6.45) is 4.70. The van der Waals surface area contributed by atoms with E-state index in [0.29, 0.717) is 18.9 Å². The monoisotopic (exact) mass is 303 g/mol. The van der Waals surface area contributed by atoms with Crippen LogP contribution < -0.4 is 10.6 Å². The molecule has 0 radical (unpaired) electrons. The van der Waals surface area contributed by atoms with Gasteiger partial charge < -0.3 is 15.5 Å². The third-order valence-electron chi connectivity index (χ3n) is 4.28. The van der Waals surface area contributed by atoms with Gasteiger partial charge in [-0.2, -0.15) is 0 Å². The summed E-state index contributed by atoms with van der Waals surface area (Å²) >= 11 is 0. The summed E-state index contributed by atoms with van der Waals surface area (Å²) in [6.45, 7) is 3.64. The molecule has 2 unspecified atom stereocenters. The molecular weight excluding hydrogens is 278 g/mol. The molecule has 0 spiro atoms. The highest BCUT2D eigenvalue weighted by molar-refractivity contribution is 5.86. The molecule has 0 aromatic rings. The van der Waals surface area contributed by atoms with Gasteiger partial charge in [-0.25, -0.2) is 0 Å². The van der Waals surface area contributed by atoms with E-state index in [1.54, 1.807) is 11.9 Å². The van der Waals surface area contributed by atoms with E-state index in [4.69, 9.17) is 0 Å². The lowest BCUT2D eigenvalue weighted by atomic mass is 9.94. The summed E-state index contributed by atoms with van der Waals surface area (Å²) in [6, 6.07) is 0. The molecule has 2 amide bonds. The third kappa shape index (κ3) is 4.94. The highest BCUT2D eigenvalue weighted by Gasteiger charge is 2.28. The largest absolute Gasteiger partial charge is 0.356 e. The van der Waals surface area contributed by atoms with Gasteiger partial charge in [0.2, 0.25) is 11.8 Å². The fourth-order valence-electron chi connectivity index (χ4n) is 2.88. The molecule has 20 heavy (non-hydrogen) atoms. The van der Waals surface area contributed by atoms with Crippen LogP contribution in [0.5, 0.6) is 0 Å². The molecule has 0 bridgehead atoms. The van der Waals surface area contributed by atoms with Gasteiger partial charge in [0.25, 0.3) is 0 Å². The van der Waals surface area contributed by atoms with Crippen molar-refractivity contribution in [1.82, 2.24) is 15.5 Å². The van der Waals surface area contributed by atoms with E-state index < -0.39 is 0 Å². The number of likely N-dealkylation sites (tertiary alicyclic amines) is 1. The Balaban J connectivity index is 0.00000200. The summed E-state index contributed by atoms with van der Waals surface area (Å²) in [5, 5.41) is 6.38. The third-order valence-corrected chi connectivity index (χ3v) is 4.28. The summed E-state index contributed by atoms with van der Waals surface area (Å²) in [7, 11) is 1.80. The van der Waals surface area contributed by atoms with E-state index in [0.717, 1.165) is 32.5 Å². The second-order valence-electron chi connectivity index (χ2n) is 5.80. The Labute approximate surface area is 127 Å². The fraction of sp³-hybridized carbons (Fsp3) is 0.857. The number of piperidine rings is 2. The average Bonchev–Trinajstić information content (AvgIpc) is 2.43. The van der Waals surface area contributed by atoms with Crippen LogP contribution in [-0.2, 0) is 9.59 Å². The number of rotatable bonds is 4. The molecule has 2 atom stereocenters. The molecule has 2 N–H and O–H groups in total. The maximum absolute atomic E-state index is 12.0. The molecule has 5 nitrogen and oxygen atoms in total. The SMILES string of the molecule is CN1CCC(C(=O)NCCC2CCCNC2)CC1=O.Cl. The quantitative estimate of drug-likeness (QED) is 0.807.